The number of amides is 1. The Hall–Kier alpha value is -1.76. The molecule has 0 radical (unpaired) electrons. The number of hydrogen-bond acceptors (Lipinski definition) is 3. The van der Waals surface area contributed by atoms with E-state index in [-0.39, 0.29) is 10.7 Å². The van der Waals surface area contributed by atoms with E-state index < -0.39 is 16.9 Å². The molecular weight excluding hydrogens is 310 g/mol. The number of carbonyl (C=O) groups is 1. The van der Waals surface area contributed by atoms with Gasteiger partial charge in [0, 0.05) is 6.20 Å². The Morgan fingerprint density at radius 1 is 1.19 bits per heavy atom. The first-order valence-electron chi connectivity index (χ1n) is 6.14. The minimum atomic E-state index is -1.54. The second-order valence-corrected chi connectivity index (χ2v) is 6.00. The van der Waals surface area contributed by atoms with E-state index in [1.165, 1.54) is 6.20 Å². The van der Waals surface area contributed by atoms with Gasteiger partial charge in [-0.15, -0.1) is 4.83 Å². The Bertz CT molecular complexity index is 669. The summed E-state index contributed by atoms with van der Waals surface area (Å²) in [5, 5.41) is 0.107. The molecule has 1 heterocycles. The van der Waals surface area contributed by atoms with Crippen molar-refractivity contribution in [1.29, 1.82) is 0 Å². The fraction of sp³-hybridized carbons (Fsp3) is 0.143. The molecule has 0 saturated carbocycles. The van der Waals surface area contributed by atoms with Gasteiger partial charge < -0.3 is 0 Å². The lowest BCUT2D eigenvalue weighted by atomic mass is 10.1. The molecule has 1 aromatic heterocycles. The number of nitrogens with zero attached hydrogens (tertiary/aromatic N) is 1. The normalized spacial score (nSPS) is 12.0. The Balaban J connectivity index is 2.04. The molecule has 1 amide bonds. The Morgan fingerprint density at radius 3 is 2.48 bits per heavy atom. The van der Waals surface area contributed by atoms with E-state index in [0.29, 0.717) is 10.5 Å². The zero-order valence-electron chi connectivity index (χ0n) is 11.5. The van der Waals surface area contributed by atoms with Gasteiger partial charge in [-0.3, -0.25) is 10.2 Å². The van der Waals surface area contributed by atoms with Gasteiger partial charge in [0.1, 0.15) is 16.1 Å². The number of carbonyl (C=O) groups excluding carboxylic acids is 1. The second-order valence-electron chi connectivity index (χ2n) is 4.43. The highest BCUT2D eigenvalue weighted by Gasteiger charge is 2.15. The van der Waals surface area contributed by atoms with Crippen molar-refractivity contribution in [2.45, 2.75) is 18.7 Å². The number of hydrogen-bond donors (Lipinski definition) is 2. The van der Waals surface area contributed by atoms with E-state index in [2.05, 4.69) is 15.2 Å². The molecule has 1 unspecified atom stereocenters. The first kappa shape index (κ1) is 15.6. The highest BCUT2D eigenvalue weighted by atomic mass is 35.5. The molecule has 0 aliphatic carbocycles. The average Bonchev–Trinajstić information content (AvgIpc) is 2.45. The van der Waals surface area contributed by atoms with Crippen molar-refractivity contribution < 1.29 is 9.00 Å². The first-order valence-corrected chi connectivity index (χ1v) is 7.67. The van der Waals surface area contributed by atoms with Gasteiger partial charge in [-0.25, -0.2) is 9.19 Å². The number of rotatable bonds is 4. The minimum Gasteiger partial charge on any atom is -0.275 e. The maximum Gasteiger partial charge on any atom is 0.269 e. The monoisotopic (exact) mass is 323 g/mol. The van der Waals surface area contributed by atoms with Crippen LogP contribution >= 0.6 is 11.6 Å². The van der Waals surface area contributed by atoms with Crippen LogP contribution in [0.25, 0.3) is 0 Å². The predicted molar refractivity (Wildman–Crippen MR) is 82.2 cm³/mol. The van der Waals surface area contributed by atoms with Crippen molar-refractivity contribution in [2.75, 3.05) is 0 Å². The standard InChI is InChI=1S/C14H14ClN3O2S/c1-9-3-5-11(6-4-9)21(20)18-17-14(19)12-10(2)7-8-16-13(12)15/h3-8,18H,1-2H3,(H,17,19). The summed E-state index contributed by atoms with van der Waals surface area (Å²) in [5.41, 5.74) is 4.39. The van der Waals surface area contributed by atoms with Crippen LogP contribution in [0.4, 0.5) is 0 Å². The summed E-state index contributed by atoms with van der Waals surface area (Å²) in [6.07, 6.45) is 1.52. The molecule has 21 heavy (non-hydrogen) atoms. The van der Waals surface area contributed by atoms with Crippen molar-refractivity contribution in [3.63, 3.8) is 0 Å². The van der Waals surface area contributed by atoms with Gasteiger partial charge >= 0.3 is 0 Å². The van der Waals surface area contributed by atoms with Crippen LogP contribution in [-0.2, 0) is 11.0 Å². The van der Waals surface area contributed by atoms with Gasteiger partial charge in [-0.1, -0.05) is 29.3 Å². The topological polar surface area (TPSA) is 71.1 Å². The fourth-order valence-electron chi connectivity index (χ4n) is 1.67. The number of aryl methyl sites for hydroxylation is 2. The summed E-state index contributed by atoms with van der Waals surface area (Å²) in [4.78, 5) is 18.9. The molecule has 0 saturated heterocycles. The lowest BCUT2D eigenvalue weighted by molar-refractivity contribution is 0.0945. The third-order valence-corrected chi connectivity index (χ3v) is 4.11. The molecule has 7 heteroatoms. The van der Waals surface area contributed by atoms with Crippen LogP contribution in [0, 0.1) is 13.8 Å². The summed E-state index contributed by atoms with van der Waals surface area (Å²) >= 11 is 5.90. The molecule has 1 atom stereocenters. The molecule has 5 nitrogen and oxygen atoms in total. The van der Waals surface area contributed by atoms with Crippen LogP contribution in [0.5, 0.6) is 0 Å². The van der Waals surface area contributed by atoms with Crippen LogP contribution in [0.2, 0.25) is 5.15 Å². The molecule has 0 aliphatic heterocycles. The van der Waals surface area contributed by atoms with Crippen LogP contribution in [0.1, 0.15) is 21.5 Å². The van der Waals surface area contributed by atoms with Gasteiger partial charge in [-0.05, 0) is 37.6 Å². The smallest absolute Gasteiger partial charge is 0.269 e. The summed E-state index contributed by atoms with van der Waals surface area (Å²) < 4.78 is 12.0. The quantitative estimate of drug-likeness (QED) is 0.670. The van der Waals surface area contributed by atoms with Crippen molar-refractivity contribution in [1.82, 2.24) is 15.2 Å². The van der Waals surface area contributed by atoms with E-state index >= 15 is 0 Å². The summed E-state index contributed by atoms with van der Waals surface area (Å²) in [5.74, 6) is -0.480. The molecule has 1 aromatic carbocycles. The number of benzene rings is 1. The van der Waals surface area contributed by atoms with Gasteiger partial charge in [0.2, 0.25) is 0 Å². The fourth-order valence-corrected chi connectivity index (χ4v) is 2.65. The van der Waals surface area contributed by atoms with Crippen molar-refractivity contribution >= 4 is 28.5 Å². The van der Waals surface area contributed by atoms with E-state index in [0.717, 1.165) is 5.56 Å². The van der Waals surface area contributed by atoms with E-state index in [9.17, 15) is 9.00 Å². The van der Waals surface area contributed by atoms with Crippen molar-refractivity contribution in [3.05, 3.63) is 58.4 Å². The largest absolute Gasteiger partial charge is 0.275 e. The third kappa shape index (κ3) is 3.87. The Kier molecular flexibility index (Phi) is 5.06. The predicted octanol–water partition coefficient (Wildman–Crippen LogP) is 2.31. The van der Waals surface area contributed by atoms with Gasteiger partial charge in [0.25, 0.3) is 5.91 Å². The lowest BCUT2D eigenvalue weighted by Gasteiger charge is -2.09. The second kappa shape index (κ2) is 6.80. The Morgan fingerprint density at radius 2 is 1.86 bits per heavy atom. The van der Waals surface area contributed by atoms with Gasteiger partial charge in [0.05, 0.1) is 10.5 Å². The van der Waals surface area contributed by atoms with Crippen LogP contribution in [0.15, 0.2) is 41.4 Å². The first-order chi connectivity index (χ1) is 9.99. The average molecular weight is 324 g/mol. The van der Waals surface area contributed by atoms with E-state index in [4.69, 9.17) is 11.6 Å². The summed E-state index contributed by atoms with van der Waals surface area (Å²) in [7, 11) is -1.54. The maximum absolute atomic E-state index is 12.0. The molecule has 0 fully saturated rings. The van der Waals surface area contributed by atoms with E-state index in [1.54, 1.807) is 25.1 Å². The molecule has 0 bridgehead atoms. The highest BCUT2D eigenvalue weighted by molar-refractivity contribution is 7.83. The third-order valence-electron chi connectivity index (χ3n) is 2.83. The highest BCUT2D eigenvalue weighted by Crippen LogP contribution is 2.16. The molecule has 2 aromatic rings. The molecule has 0 aliphatic rings. The van der Waals surface area contributed by atoms with Crippen molar-refractivity contribution in [3.8, 4) is 0 Å². The summed E-state index contributed by atoms with van der Waals surface area (Å²) in [6, 6.07) is 8.83. The van der Waals surface area contributed by atoms with Crippen molar-refractivity contribution in [2.24, 2.45) is 0 Å². The van der Waals surface area contributed by atoms with Crippen LogP contribution in [0.3, 0.4) is 0 Å². The molecule has 2 N–H and O–H groups in total. The summed E-state index contributed by atoms with van der Waals surface area (Å²) in [6.45, 7) is 3.69. The van der Waals surface area contributed by atoms with Crippen LogP contribution in [-0.4, -0.2) is 15.1 Å². The maximum atomic E-state index is 12.0. The SMILES string of the molecule is Cc1ccc(S(=O)NNC(=O)c2c(C)ccnc2Cl)cc1. The number of aromatic nitrogens is 1. The van der Waals surface area contributed by atoms with Gasteiger partial charge in [0.15, 0.2) is 0 Å². The number of pyridine rings is 1. The number of hydrazine groups is 1. The minimum absolute atomic E-state index is 0.107. The van der Waals surface area contributed by atoms with E-state index in [1.807, 2.05) is 19.1 Å². The molecule has 110 valence electrons. The molecular formula is C14H14ClN3O2S. The molecule has 0 spiro atoms. The zero-order valence-corrected chi connectivity index (χ0v) is 13.1. The Labute approximate surface area is 130 Å². The zero-order chi connectivity index (χ0) is 15.4. The van der Waals surface area contributed by atoms with Crippen LogP contribution < -0.4 is 10.3 Å². The number of nitrogens with one attached hydrogen (secondary N) is 2. The lowest BCUT2D eigenvalue weighted by Crippen LogP contribution is -2.39. The molecule has 2 rings (SSSR count). The van der Waals surface area contributed by atoms with Gasteiger partial charge in [-0.2, -0.15) is 0 Å². The number of halogens is 1.